The number of hydrogen-bond donors (Lipinski definition) is 0. The lowest BCUT2D eigenvalue weighted by atomic mass is 9.99. The molecule has 0 bridgehead atoms. The molecule has 23 heavy (non-hydrogen) atoms. The van der Waals surface area contributed by atoms with Gasteiger partial charge in [-0.2, -0.15) is 0 Å². The number of thioether (sulfide) groups is 1. The minimum atomic E-state index is 0.898. The molecule has 5 heteroatoms. The third-order valence-corrected chi connectivity index (χ3v) is 5.74. The van der Waals surface area contributed by atoms with E-state index in [2.05, 4.69) is 64.8 Å². The van der Waals surface area contributed by atoms with Crippen LogP contribution in [0.2, 0.25) is 0 Å². The molecule has 0 amide bonds. The van der Waals surface area contributed by atoms with Crippen molar-refractivity contribution < 1.29 is 0 Å². The summed E-state index contributed by atoms with van der Waals surface area (Å²) in [5, 5.41) is 9.79. The molecule has 0 radical (unpaired) electrons. The summed E-state index contributed by atoms with van der Waals surface area (Å²) in [6.45, 7) is 8.11. The topological polar surface area (TPSA) is 34.0 Å². The number of likely N-dealkylation sites (tertiary alicyclic amines) is 1. The highest BCUT2D eigenvalue weighted by atomic mass is 32.2. The van der Waals surface area contributed by atoms with Crippen LogP contribution in [0.25, 0.3) is 11.4 Å². The number of piperidine rings is 1. The molecule has 124 valence electrons. The average molecular weight is 331 g/mol. The van der Waals surface area contributed by atoms with Crippen LogP contribution >= 0.6 is 11.8 Å². The second kappa shape index (κ2) is 7.49. The third kappa shape index (κ3) is 3.96. The molecule has 2 aromatic rings. The quantitative estimate of drug-likeness (QED) is 0.784. The fourth-order valence-electron chi connectivity index (χ4n) is 3.05. The van der Waals surface area contributed by atoms with Crippen molar-refractivity contribution in [1.82, 2.24) is 19.7 Å². The molecule has 0 N–H and O–H groups in total. The Morgan fingerprint density at radius 1 is 1.17 bits per heavy atom. The summed E-state index contributed by atoms with van der Waals surface area (Å²) in [5.41, 5.74) is 2.40. The van der Waals surface area contributed by atoms with Crippen molar-refractivity contribution in [3.05, 3.63) is 29.8 Å². The van der Waals surface area contributed by atoms with Gasteiger partial charge in [0.25, 0.3) is 0 Å². The summed E-state index contributed by atoms with van der Waals surface area (Å²) in [4.78, 5) is 2.58. The maximum absolute atomic E-state index is 4.40. The zero-order valence-electron chi connectivity index (χ0n) is 14.3. The second-order valence-corrected chi connectivity index (χ2v) is 7.61. The normalized spacial score (nSPS) is 16.8. The molecular weight excluding hydrogens is 304 g/mol. The molecule has 1 aromatic heterocycles. The van der Waals surface area contributed by atoms with Crippen LogP contribution in [0.4, 0.5) is 0 Å². The summed E-state index contributed by atoms with van der Waals surface area (Å²) < 4.78 is 2.12. The molecule has 2 heterocycles. The number of nitrogens with zero attached hydrogens (tertiary/aromatic N) is 4. The van der Waals surface area contributed by atoms with E-state index < -0.39 is 0 Å². The van der Waals surface area contributed by atoms with Crippen molar-refractivity contribution >= 4 is 11.8 Å². The maximum Gasteiger partial charge on any atom is 0.191 e. The van der Waals surface area contributed by atoms with Crippen LogP contribution in [0, 0.1) is 12.8 Å². The van der Waals surface area contributed by atoms with E-state index in [-0.39, 0.29) is 0 Å². The van der Waals surface area contributed by atoms with Crippen molar-refractivity contribution in [2.75, 3.05) is 25.4 Å². The average Bonchev–Trinajstić information content (AvgIpc) is 2.91. The van der Waals surface area contributed by atoms with E-state index >= 15 is 0 Å². The Hall–Kier alpha value is -1.33. The van der Waals surface area contributed by atoms with Crippen LogP contribution in [-0.4, -0.2) is 45.1 Å². The van der Waals surface area contributed by atoms with Crippen LogP contribution in [0.1, 0.15) is 25.3 Å². The lowest BCUT2D eigenvalue weighted by Gasteiger charge is -2.29. The molecule has 1 fully saturated rings. The van der Waals surface area contributed by atoms with E-state index in [1.54, 1.807) is 0 Å². The Morgan fingerprint density at radius 2 is 1.91 bits per heavy atom. The van der Waals surface area contributed by atoms with Gasteiger partial charge in [0.2, 0.25) is 0 Å². The minimum absolute atomic E-state index is 0.898. The first kappa shape index (κ1) is 16.5. The van der Waals surface area contributed by atoms with Crippen molar-refractivity contribution in [3.63, 3.8) is 0 Å². The molecule has 0 aliphatic carbocycles. The zero-order chi connectivity index (χ0) is 16.2. The molecule has 1 saturated heterocycles. The summed E-state index contributed by atoms with van der Waals surface area (Å²) in [7, 11) is 2.06. The monoisotopic (exact) mass is 330 g/mol. The molecule has 0 unspecified atom stereocenters. The van der Waals surface area contributed by atoms with Gasteiger partial charge < -0.3 is 9.47 Å². The second-order valence-electron chi connectivity index (χ2n) is 6.55. The molecule has 4 nitrogen and oxygen atoms in total. The van der Waals surface area contributed by atoms with Crippen molar-refractivity contribution in [2.24, 2.45) is 13.0 Å². The number of hydrogen-bond acceptors (Lipinski definition) is 4. The third-order valence-electron chi connectivity index (χ3n) is 4.74. The predicted molar refractivity (Wildman–Crippen MR) is 96.7 cm³/mol. The molecule has 3 rings (SSSR count). The molecule has 0 spiro atoms. The SMILES string of the molecule is Cc1ccccc1-c1nnc(SCCN2CCC(C)CC2)n1C. The Labute approximate surface area is 143 Å². The van der Waals surface area contributed by atoms with Gasteiger partial charge in [-0.1, -0.05) is 43.0 Å². The molecule has 0 atom stereocenters. The fourth-order valence-corrected chi connectivity index (χ4v) is 3.96. The Morgan fingerprint density at radius 3 is 2.65 bits per heavy atom. The lowest BCUT2D eigenvalue weighted by molar-refractivity contribution is 0.203. The zero-order valence-corrected chi connectivity index (χ0v) is 15.1. The Balaban J connectivity index is 1.58. The summed E-state index contributed by atoms with van der Waals surface area (Å²) in [6.07, 6.45) is 2.68. The van der Waals surface area contributed by atoms with Gasteiger partial charge in [-0.25, -0.2) is 0 Å². The largest absolute Gasteiger partial charge is 0.305 e. The number of aryl methyl sites for hydroxylation is 1. The first-order chi connectivity index (χ1) is 11.1. The maximum atomic E-state index is 4.40. The van der Waals surface area contributed by atoms with E-state index in [0.717, 1.165) is 29.2 Å². The fraction of sp³-hybridized carbons (Fsp3) is 0.556. The molecule has 0 saturated carbocycles. The highest BCUT2D eigenvalue weighted by molar-refractivity contribution is 7.99. The van der Waals surface area contributed by atoms with Gasteiger partial charge in [-0.3, -0.25) is 0 Å². The van der Waals surface area contributed by atoms with Gasteiger partial charge in [0.1, 0.15) is 0 Å². The predicted octanol–water partition coefficient (Wildman–Crippen LogP) is 3.61. The number of rotatable bonds is 5. The van der Waals surface area contributed by atoms with Gasteiger partial charge in [0.15, 0.2) is 11.0 Å². The first-order valence-corrected chi connectivity index (χ1v) is 9.44. The standard InChI is InChI=1S/C18H26N4S/c1-14-8-10-22(11-9-14)12-13-23-18-20-19-17(21(18)3)16-7-5-4-6-15(16)2/h4-7,14H,8-13H2,1-3H3. The van der Waals surface area contributed by atoms with Crippen LogP contribution in [0.5, 0.6) is 0 Å². The first-order valence-electron chi connectivity index (χ1n) is 8.45. The van der Waals surface area contributed by atoms with E-state index in [0.29, 0.717) is 0 Å². The van der Waals surface area contributed by atoms with E-state index in [4.69, 9.17) is 0 Å². The summed E-state index contributed by atoms with van der Waals surface area (Å²) >= 11 is 1.81. The summed E-state index contributed by atoms with van der Waals surface area (Å²) in [5.74, 6) is 2.93. The van der Waals surface area contributed by atoms with Crippen molar-refractivity contribution in [3.8, 4) is 11.4 Å². The number of benzene rings is 1. The van der Waals surface area contributed by atoms with Crippen LogP contribution in [0.15, 0.2) is 29.4 Å². The highest BCUT2D eigenvalue weighted by Gasteiger charge is 2.16. The van der Waals surface area contributed by atoms with Crippen LogP contribution < -0.4 is 0 Å². The highest BCUT2D eigenvalue weighted by Crippen LogP contribution is 2.25. The van der Waals surface area contributed by atoms with Gasteiger partial charge in [-0.05, 0) is 44.3 Å². The lowest BCUT2D eigenvalue weighted by Crippen LogP contribution is -2.34. The van der Waals surface area contributed by atoms with E-state index in [9.17, 15) is 0 Å². The van der Waals surface area contributed by atoms with Crippen LogP contribution in [0.3, 0.4) is 0 Å². The van der Waals surface area contributed by atoms with Crippen molar-refractivity contribution in [2.45, 2.75) is 31.8 Å². The van der Waals surface area contributed by atoms with Crippen LogP contribution in [-0.2, 0) is 7.05 Å². The Bertz CT molecular complexity index is 644. The van der Waals surface area contributed by atoms with E-state index in [1.165, 1.54) is 37.1 Å². The molecule has 1 aliphatic rings. The Kier molecular flexibility index (Phi) is 5.38. The van der Waals surface area contributed by atoms with Gasteiger partial charge in [0, 0.05) is 24.9 Å². The van der Waals surface area contributed by atoms with E-state index in [1.807, 2.05) is 11.8 Å². The summed E-state index contributed by atoms with van der Waals surface area (Å²) in [6, 6.07) is 8.35. The van der Waals surface area contributed by atoms with Gasteiger partial charge >= 0.3 is 0 Å². The molecule has 1 aliphatic heterocycles. The molecule has 1 aromatic carbocycles. The smallest absolute Gasteiger partial charge is 0.191 e. The minimum Gasteiger partial charge on any atom is -0.305 e. The van der Waals surface area contributed by atoms with Crippen molar-refractivity contribution in [1.29, 1.82) is 0 Å². The van der Waals surface area contributed by atoms with Gasteiger partial charge in [-0.15, -0.1) is 10.2 Å². The number of aromatic nitrogens is 3. The van der Waals surface area contributed by atoms with Gasteiger partial charge in [0.05, 0.1) is 0 Å². The molecular formula is C18H26N4S.